The van der Waals surface area contributed by atoms with Gasteiger partial charge >= 0.3 is 0 Å². The fourth-order valence-electron chi connectivity index (χ4n) is 1.75. The predicted molar refractivity (Wildman–Crippen MR) is 65.6 cm³/mol. The van der Waals surface area contributed by atoms with Crippen molar-refractivity contribution in [3.8, 4) is 11.4 Å². The number of nitrogens with one attached hydrogen (secondary N) is 1. The number of H-pyrrole nitrogens is 1. The van der Waals surface area contributed by atoms with Gasteiger partial charge in [0.15, 0.2) is 0 Å². The number of aromatic nitrogens is 3. The van der Waals surface area contributed by atoms with Gasteiger partial charge in [0.1, 0.15) is 0 Å². The minimum Gasteiger partial charge on any atom is -0.320 e. The van der Waals surface area contributed by atoms with Gasteiger partial charge in [-0.25, -0.2) is 0 Å². The molecule has 0 saturated carbocycles. The monoisotopic (exact) mass is 223 g/mol. The van der Waals surface area contributed by atoms with Crippen molar-refractivity contribution in [1.82, 2.24) is 15.0 Å². The van der Waals surface area contributed by atoms with Crippen molar-refractivity contribution in [1.29, 1.82) is 0 Å². The molecular formula is C13H9N3O. The van der Waals surface area contributed by atoms with Gasteiger partial charge in [-0.2, -0.15) is 0 Å². The first kappa shape index (κ1) is 9.72. The normalized spacial score (nSPS) is 10.6. The van der Waals surface area contributed by atoms with Crippen LogP contribution in [0.4, 0.5) is 0 Å². The number of rotatable bonds is 1. The first-order valence-corrected chi connectivity index (χ1v) is 5.24. The molecular weight excluding hydrogens is 214 g/mol. The van der Waals surface area contributed by atoms with Gasteiger partial charge in [-0.3, -0.25) is 14.8 Å². The Morgan fingerprint density at radius 1 is 1.00 bits per heavy atom. The highest BCUT2D eigenvalue weighted by molar-refractivity contribution is 5.80. The summed E-state index contributed by atoms with van der Waals surface area (Å²) in [4.78, 5) is 23.0. The fraction of sp³-hybridized carbons (Fsp3) is 0. The molecule has 3 aromatic rings. The van der Waals surface area contributed by atoms with E-state index in [9.17, 15) is 4.79 Å². The number of pyridine rings is 3. The van der Waals surface area contributed by atoms with Crippen molar-refractivity contribution in [3.63, 3.8) is 0 Å². The maximum absolute atomic E-state index is 11.8. The summed E-state index contributed by atoms with van der Waals surface area (Å²) in [5, 5.41) is 0.590. The second-order valence-electron chi connectivity index (χ2n) is 3.66. The molecule has 0 unspecified atom stereocenters. The number of nitrogens with zero attached hydrogens (tertiary/aromatic N) is 2. The van der Waals surface area contributed by atoms with Crippen LogP contribution in [0.25, 0.3) is 22.3 Å². The van der Waals surface area contributed by atoms with Crippen LogP contribution >= 0.6 is 0 Å². The second kappa shape index (κ2) is 3.83. The molecule has 0 atom stereocenters. The third-order valence-corrected chi connectivity index (χ3v) is 2.55. The highest BCUT2D eigenvalue weighted by atomic mass is 16.1. The predicted octanol–water partition coefficient (Wildman–Crippen LogP) is 1.99. The maximum Gasteiger partial charge on any atom is 0.257 e. The van der Waals surface area contributed by atoms with Gasteiger partial charge in [0, 0.05) is 12.4 Å². The molecule has 0 aliphatic heterocycles. The van der Waals surface area contributed by atoms with Gasteiger partial charge in [-0.1, -0.05) is 6.07 Å². The lowest BCUT2D eigenvalue weighted by atomic mass is 10.2. The van der Waals surface area contributed by atoms with Crippen LogP contribution in [0.1, 0.15) is 0 Å². The van der Waals surface area contributed by atoms with E-state index in [1.807, 2.05) is 24.3 Å². The van der Waals surface area contributed by atoms with Crippen LogP contribution < -0.4 is 5.56 Å². The van der Waals surface area contributed by atoms with E-state index in [0.717, 1.165) is 5.69 Å². The van der Waals surface area contributed by atoms with Crippen LogP contribution in [0.5, 0.6) is 0 Å². The standard InChI is InChI=1S/C13H9N3O/c17-13-9-4-3-7-15-11(9)8-12(16-13)10-5-1-2-6-14-10/h1-8H,(H,16,17). The zero-order valence-corrected chi connectivity index (χ0v) is 8.92. The van der Waals surface area contributed by atoms with E-state index in [1.165, 1.54) is 0 Å². The molecule has 17 heavy (non-hydrogen) atoms. The molecule has 0 saturated heterocycles. The summed E-state index contributed by atoms with van der Waals surface area (Å²) in [5.41, 5.74) is 1.95. The molecule has 4 heteroatoms. The second-order valence-corrected chi connectivity index (χ2v) is 3.66. The summed E-state index contributed by atoms with van der Waals surface area (Å²) >= 11 is 0. The topological polar surface area (TPSA) is 58.6 Å². The molecule has 3 aromatic heterocycles. The summed E-state index contributed by atoms with van der Waals surface area (Å²) in [6.45, 7) is 0. The van der Waals surface area contributed by atoms with Crippen LogP contribution in [0.3, 0.4) is 0 Å². The molecule has 1 N–H and O–H groups in total. The fourth-order valence-corrected chi connectivity index (χ4v) is 1.75. The highest BCUT2D eigenvalue weighted by Gasteiger charge is 2.04. The summed E-state index contributed by atoms with van der Waals surface area (Å²) < 4.78 is 0. The Bertz CT molecular complexity index is 719. The molecule has 3 heterocycles. The quantitative estimate of drug-likeness (QED) is 0.686. The van der Waals surface area contributed by atoms with E-state index in [-0.39, 0.29) is 5.56 Å². The first-order valence-electron chi connectivity index (χ1n) is 5.24. The molecule has 0 spiro atoms. The third kappa shape index (κ3) is 1.69. The van der Waals surface area contributed by atoms with Gasteiger partial charge in [0.2, 0.25) is 0 Å². The molecule has 0 aromatic carbocycles. The van der Waals surface area contributed by atoms with Gasteiger partial charge < -0.3 is 4.98 Å². The van der Waals surface area contributed by atoms with Crippen LogP contribution in [0, 0.1) is 0 Å². The zero-order chi connectivity index (χ0) is 11.7. The number of hydrogen-bond donors (Lipinski definition) is 1. The van der Waals surface area contributed by atoms with Crippen molar-refractivity contribution in [2.75, 3.05) is 0 Å². The van der Waals surface area contributed by atoms with Gasteiger partial charge in [0.05, 0.1) is 22.3 Å². The Morgan fingerprint density at radius 2 is 1.88 bits per heavy atom. The van der Waals surface area contributed by atoms with Gasteiger partial charge in [-0.15, -0.1) is 0 Å². The Kier molecular flexibility index (Phi) is 2.19. The number of aromatic amines is 1. The van der Waals surface area contributed by atoms with Crippen molar-refractivity contribution in [2.24, 2.45) is 0 Å². The van der Waals surface area contributed by atoms with E-state index < -0.39 is 0 Å². The lowest BCUT2D eigenvalue weighted by Crippen LogP contribution is -2.08. The molecule has 4 nitrogen and oxygen atoms in total. The van der Waals surface area contributed by atoms with Crippen molar-refractivity contribution in [2.45, 2.75) is 0 Å². The zero-order valence-electron chi connectivity index (χ0n) is 8.92. The van der Waals surface area contributed by atoms with E-state index in [4.69, 9.17) is 0 Å². The Hall–Kier alpha value is -2.49. The van der Waals surface area contributed by atoms with Crippen LogP contribution in [-0.4, -0.2) is 15.0 Å². The van der Waals surface area contributed by atoms with E-state index in [1.54, 1.807) is 24.5 Å². The molecule has 0 bridgehead atoms. The lowest BCUT2D eigenvalue weighted by Gasteiger charge is -2.01. The summed E-state index contributed by atoms with van der Waals surface area (Å²) in [5.74, 6) is 0. The smallest absolute Gasteiger partial charge is 0.257 e. The van der Waals surface area contributed by atoms with Crippen molar-refractivity contribution in [3.05, 3.63) is 59.1 Å². The van der Waals surface area contributed by atoms with E-state index in [2.05, 4.69) is 15.0 Å². The first-order chi connectivity index (χ1) is 8.34. The average molecular weight is 223 g/mol. The molecule has 3 rings (SSSR count). The van der Waals surface area contributed by atoms with E-state index >= 15 is 0 Å². The largest absolute Gasteiger partial charge is 0.320 e. The van der Waals surface area contributed by atoms with Gasteiger partial charge in [-0.05, 0) is 30.3 Å². The number of fused-ring (bicyclic) bond motifs is 1. The molecule has 0 amide bonds. The average Bonchev–Trinajstić information content (AvgIpc) is 2.40. The third-order valence-electron chi connectivity index (χ3n) is 2.55. The Balaban J connectivity index is 2.30. The molecule has 0 aliphatic carbocycles. The van der Waals surface area contributed by atoms with E-state index in [0.29, 0.717) is 16.6 Å². The van der Waals surface area contributed by atoms with Crippen LogP contribution in [-0.2, 0) is 0 Å². The van der Waals surface area contributed by atoms with Gasteiger partial charge in [0.25, 0.3) is 5.56 Å². The summed E-state index contributed by atoms with van der Waals surface area (Å²) in [6, 6.07) is 10.9. The molecule has 0 aliphatic rings. The maximum atomic E-state index is 11.8. The van der Waals surface area contributed by atoms with Crippen molar-refractivity contribution >= 4 is 10.9 Å². The molecule has 0 fully saturated rings. The lowest BCUT2D eigenvalue weighted by molar-refractivity contribution is 1.21. The summed E-state index contributed by atoms with van der Waals surface area (Å²) in [6.07, 6.45) is 3.36. The van der Waals surface area contributed by atoms with Crippen LogP contribution in [0.2, 0.25) is 0 Å². The highest BCUT2D eigenvalue weighted by Crippen LogP contribution is 2.15. The summed E-state index contributed by atoms with van der Waals surface area (Å²) in [7, 11) is 0. The number of hydrogen-bond acceptors (Lipinski definition) is 3. The minimum atomic E-state index is -0.142. The van der Waals surface area contributed by atoms with Crippen LogP contribution in [0.15, 0.2) is 53.6 Å². The SMILES string of the molecule is O=c1[nH]c(-c2ccccn2)cc2ncccc12. The molecule has 0 radical (unpaired) electrons. The Morgan fingerprint density at radius 3 is 2.71 bits per heavy atom. The Labute approximate surface area is 97.0 Å². The molecule has 82 valence electrons. The van der Waals surface area contributed by atoms with Crippen molar-refractivity contribution < 1.29 is 0 Å². The minimum absolute atomic E-state index is 0.142.